The summed E-state index contributed by atoms with van der Waals surface area (Å²) < 4.78 is 26.2. The van der Waals surface area contributed by atoms with Crippen LogP contribution in [0.4, 0.5) is 11.4 Å². The number of amides is 2. The number of sulfonamides is 1. The largest absolute Gasteiger partial charge is 0.337 e. The quantitative estimate of drug-likeness (QED) is 0.672. The molecule has 0 saturated carbocycles. The van der Waals surface area contributed by atoms with Gasteiger partial charge in [-0.3, -0.25) is 13.9 Å². The number of aryl methyl sites for hydroxylation is 1. The highest BCUT2D eigenvalue weighted by molar-refractivity contribution is 7.92. The van der Waals surface area contributed by atoms with E-state index in [1.807, 2.05) is 6.92 Å². The van der Waals surface area contributed by atoms with Gasteiger partial charge in [0, 0.05) is 12.2 Å². The van der Waals surface area contributed by atoms with Gasteiger partial charge in [0.25, 0.3) is 5.91 Å². The van der Waals surface area contributed by atoms with Crippen molar-refractivity contribution in [2.75, 3.05) is 21.9 Å². The van der Waals surface area contributed by atoms with Crippen molar-refractivity contribution in [3.8, 4) is 12.3 Å². The number of nitrogens with one attached hydrogen (secondary N) is 2. The molecule has 1 aliphatic rings. The second-order valence-corrected chi connectivity index (χ2v) is 11.0. The van der Waals surface area contributed by atoms with Crippen molar-refractivity contribution in [2.24, 2.45) is 0 Å². The summed E-state index contributed by atoms with van der Waals surface area (Å²) in [6.45, 7) is 5.48. The van der Waals surface area contributed by atoms with Crippen LogP contribution < -0.4 is 14.9 Å². The minimum Gasteiger partial charge on any atom is -0.337 e. The van der Waals surface area contributed by atoms with Gasteiger partial charge in [0.2, 0.25) is 15.9 Å². The molecule has 0 aliphatic carbocycles. The Kier molecular flexibility index (Phi) is 6.43. The Balaban J connectivity index is 1.71. The van der Waals surface area contributed by atoms with Crippen LogP contribution in [-0.2, 0) is 14.8 Å². The molecule has 0 bridgehead atoms. The third kappa shape index (κ3) is 5.09. The van der Waals surface area contributed by atoms with Crippen molar-refractivity contribution in [3.05, 3.63) is 45.6 Å². The monoisotopic (exact) mass is 459 g/mol. The lowest BCUT2D eigenvalue weighted by atomic mass is 10.0. The number of carbonyl (C=O) groups is 2. The van der Waals surface area contributed by atoms with Gasteiger partial charge in [-0.1, -0.05) is 5.92 Å². The van der Waals surface area contributed by atoms with Crippen molar-refractivity contribution >= 4 is 44.5 Å². The fourth-order valence-electron chi connectivity index (χ4n) is 3.30. The first-order valence-electron chi connectivity index (χ1n) is 9.85. The molecule has 2 N–H and O–H groups in total. The first-order chi connectivity index (χ1) is 14.5. The van der Waals surface area contributed by atoms with Crippen LogP contribution in [0.25, 0.3) is 0 Å². The lowest BCUT2D eigenvalue weighted by Gasteiger charge is -2.30. The summed E-state index contributed by atoms with van der Waals surface area (Å²) in [5.74, 6) is 1.84. The fourth-order valence-corrected chi connectivity index (χ4v) is 5.71. The molecule has 7 nitrogen and oxygen atoms in total. The first kappa shape index (κ1) is 22.8. The van der Waals surface area contributed by atoms with Gasteiger partial charge in [-0.2, -0.15) is 0 Å². The minimum absolute atomic E-state index is 0.145. The zero-order chi connectivity index (χ0) is 22.8. The average molecular weight is 460 g/mol. The van der Waals surface area contributed by atoms with Crippen LogP contribution in [0.2, 0.25) is 0 Å². The number of hydrogen-bond acceptors (Lipinski definition) is 5. The molecule has 3 rings (SSSR count). The normalized spacial score (nSPS) is 15.7. The SMILES string of the molecule is C#Cc1ccc(C(=O)NC(C)(C)C(=O)Nc2ccc(N3CCCCS3(=O)=O)c(C)c2)s1. The number of benzene rings is 1. The topological polar surface area (TPSA) is 95.6 Å². The Morgan fingerprint density at radius 2 is 1.94 bits per heavy atom. The number of nitrogens with zero attached hydrogens (tertiary/aromatic N) is 1. The molecular formula is C22H25N3O4S2. The standard InChI is InChI=1S/C22H25N3O4S2/c1-5-17-9-11-19(30-17)20(26)24-22(3,4)21(27)23-16-8-10-18(15(2)14-16)25-12-6-7-13-31(25,28)29/h1,8-11,14H,6-7,12-13H2,2-4H3,(H,23,27)(H,24,26). The highest BCUT2D eigenvalue weighted by Gasteiger charge is 2.31. The summed E-state index contributed by atoms with van der Waals surface area (Å²) in [4.78, 5) is 26.3. The fraction of sp³-hybridized carbons (Fsp3) is 0.364. The zero-order valence-electron chi connectivity index (χ0n) is 17.7. The van der Waals surface area contributed by atoms with Gasteiger partial charge in [0.05, 0.1) is 21.2 Å². The molecule has 2 heterocycles. The maximum absolute atomic E-state index is 12.8. The third-order valence-corrected chi connectivity index (χ3v) is 7.91. The predicted molar refractivity (Wildman–Crippen MR) is 124 cm³/mol. The van der Waals surface area contributed by atoms with Gasteiger partial charge in [0.1, 0.15) is 5.54 Å². The summed E-state index contributed by atoms with van der Waals surface area (Å²) in [6.07, 6.45) is 6.82. The second-order valence-electron chi connectivity index (χ2n) is 7.94. The molecule has 31 heavy (non-hydrogen) atoms. The molecule has 1 aromatic heterocycles. The molecule has 1 aromatic carbocycles. The Morgan fingerprint density at radius 3 is 2.55 bits per heavy atom. The van der Waals surface area contributed by atoms with Gasteiger partial charge in [-0.05, 0) is 69.5 Å². The van der Waals surface area contributed by atoms with Crippen LogP contribution >= 0.6 is 11.3 Å². The maximum atomic E-state index is 12.8. The summed E-state index contributed by atoms with van der Waals surface area (Å²) in [5, 5.41) is 5.52. The number of thiophene rings is 1. The molecule has 9 heteroatoms. The number of rotatable bonds is 5. The molecule has 0 radical (unpaired) electrons. The Hall–Kier alpha value is -2.83. The molecule has 0 atom stereocenters. The van der Waals surface area contributed by atoms with E-state index in [9.17, 15) is 18.0 Å². The molecule has 1 fully saturated rings. The molecular weight excluding hydrogens is 434 g/mol. The van der Waals surface area contributed by atoms with Crippen molar-refractivity contribution in [1.82, 2.24) is 5.32 Å². The first-order valence-corrected chi connectivity index (χ1v) is 12.3. The van der Waals surface area contributed by atoms with Gasteiger partial charge >= 0.3 is 0 Å². The van der Waals surface area contributed by atoms with E-state index in [-0.39, 0.29) is 11.7 Å². The van der Waals surface area contributed by atoms with Crippen LogP contribution in [0.15, 0.2) is 30.3 Å². The van der Waals surface area contributed by atoms with E-state index in [2.05, 4.69) is 16.6 Å². The van der Waals surface area contributed by atoms with Gasteiger partial charge in [0.15, 0.2) is 0 Å². The van der Waals surface area contributed by atoms with Crippen LogP contribution in [0, 0.1) is 19.3 Å². The van der Waals surface area contributed by atoms with E-state index >= 15 is 0 Å². The highest BCUT2D eigenvalue weighted by atomic mass is 32.2. The second kappa shape index (κ2) is 8.73. The lowest BCUT2D eigenvalue weighted by Crippen LogP contribution is -2.52. The molecule has 2 amide bonds. The van der Waals surface area contributed by atoms with Gasteiger partial charge in [-0.15, -0.1) is 17.8 Å². The Labute approximate surface area is 186 Å². The predicted octanol–water partition coefficient (Wildman–Crippen LogP) is 3.11. The van der Waals surface area contributed by atoms with Crippen molar-refractivity contribution in [1.29, 1.82) is 0 Å². The average Bonchev–Trinajstić information content (AvgIpc) is 3.17. The zero-order valence-corrected chi connectivity index (χ0v) is 19.3. The number of hydrogen-bond donors (Lipinski definition) is 2. The molecule has 2 aromatic rings. The molecule has 164 valence electrons. The molecule has 1 saturated heterocycles. The van der Waals surface area contributed by atoms with E-state index in [1.165, 1.54) is 15.6 Å². The van der Waals surface area contributed by atoms with Crippen molar-refractivity contribution in [2.45, 2.75) is 39.2 Å². The number of carbonyl (C=O) groups excluding carboxylic acids is 2. The molecule has 0 unspecified atom stereocenters. The van der Waals surface area contributed by atoms with E-state index in [0.717, 1.165) is 12.0 Å². The van der Waals surface area contributed by atoms with E-state index in [4.69, 9.17) is 6.42 Å². The summed E-state index contributed by atoms with van der Waals surface area (Å²) >= 11 is 1.18. The highest BCUT2D eigenvalue weighted by Crippen LogP contribution is 2.29. The van der Waals surface area contributed by atoms with E-state index < -0.39 is 21.5 Å². The summed E-state index contributed by atoms with van der Waals surface area (Å²) in [5.41, 5.74) is 0.701. The lowest BCUT2D eigenvalue weighted by molar-refractivity contribution is -0.120. The van der Waals surface area contributed by atoms with E-state index in [0.29, 0.717) is 34.1 Å². The smallest absolute Gasteiger partial charge is 0.262 e. The third-order valence-electron chi connectivity index (χ3n) is 5.04. The van der Waals surface area contributed by atoms with Gasteiger partial charge in [-0.25, -0.2) is 8.42 Å². The van der Waals surface area contributed by atoms with Crippen molar-refractivity contribution in [3.63, 3.8) is 0 Å². The maximum Gasteiger partial charge on any atom is 0.262 e. The van der Waals surface area contributed by atoms with Gasteiger partial charge < -0.3 is 10.6 Å². The van der Waals surface area contributed by atoms with Crippen LogP contribution in [-0.4, -0.2) is 38.1 Å². The Morgan fingerprint density at radius 1 is 1.19 bits per heavy atom. The van der Waals surface area contributed by atoms with E-state index in [1.54, 1.807) is 44.2 Å². The van der Waals surface area contributed by atoms with Crippen LogP contribution in [0.3, 0.4) is 0 Å². The molecule has 0 spiro atoms. The number of terminal acetylenes is 1. The van der Waals surface area contributed by atoms with Crippen molar-refractivity contribution < 1.29 is 18.0 Å². The number of anilines is 2. The Bertz CT molecular complexity index is 1160. The van der Waals surface area contributed by atoms with Crippen LogP contribution in [0.1, 0.15) is 46.8 Å². The minimum atomic E-state index is -3.31. The van der Waals surface area contributed by atoms with Crippen LogP contribution in [0.5, 0.6) is 0 Å². The molecule has 1 aliphatic heterocycles. The summed E-state index contributed by atoms with van der Waals surface area (Å²) in [6, 6.07) is 8.40. The summed E-state index contributed by atoms with van der Waals surface area (Å²) in [7, 11) is -3.31.